The van der Waals surface area contributed by atoms with E-state index in [1.54, 1.807) is 18.2 Å². The number of aromatic nitrogens is 3. The molecule has 0 saturated carbocycles. The molecule has 0 bridgehead atoms. The van der Waals surface area contributed by atoms with Crippen LogP contribution in [0, 0.1) is 11.6 Å². The topological polar surface area (TPSA) is 111 Å². The van der Waals surface area contributed by atoms with Crippen molar-refractivity contribution in [2.45, 2.75) is 37.2 Å². The molecular weight excluding hydrogens is 488 g/mol. The van der Waals surface area contributed by atoms with Crippen LogP contribution in [0.1, 0.15) is 34.7 Å². The molecule has 3 heterocycles. The Kier molecular flexibility index (Phi) is 5.95. The fourth-order valence-electron chi connectivity index (χ4n) is 4.48. The van der Waals surface area contributed by atoms with Gasteiger partial charge in [-0.25, -0.2) is 27.2 Å². The predicted octanol–water partition coefficient (Wildman–Crippen LogP) is 3.88. The third-order valence-electron chi connectivity index (χ3n) is 6.25. The highest BCUT2D eigenvalue weighted by atomic mass is 32.2. The minimum absolute atomic E-state index is 0.0435. The van der Waals surface area contributed by atoms with Crippen molar-refractivity contribution in [1.82, 2.24) is 14.5 Å². The molecule has 186 valence electrons. The van der Waals surface area contributed by atoms with E-state index in [-0.39, 0.29) is 22.9 Å². The number of aryl methyl sites for hydroxylation is 1. The van der Waals surface area contributed by atoms with Gasteiger partial charge < -0.3 is 15.2 Å². The molecule has 11 heteroatoms. The first kappa shape index (κ1) is 23.9. The van der Waals surface area contributed by atoms with Gasteiger partial charge in [0.1, 0.15) is 17.3 Å². The van der Waals surface area contributed by atoms with Crippen LogP contribution in [-0.4, -0.2) is 35.1 Å². The van der Waals surface area contributed by atoms with Gasteiger partial charge in [-0.1, -0.05) is 12.1 Å². The third kappa shape index (κ3) is 4.41. The zero-order valence-electron chi connectivity index (χ0n) is 19.4. The number of benzene rings is 2. The molecule has 4 aromatic rings. The van der Waals surface area contributed by atoms with Gasteiger partial charge >= 0.3 is 0 Å². The number of fused-ring (bicyclic) bond motifs is 2. The van der Waals surface area contributed by atoms with Gasteiger partial charge in [-0.15, -0.1) is 0 Å². The van der Waals surface area contributed by atoms with Crippen molar-refractivity contribution < 1.29 is 22.0 Å². The molecule has 0 radical (unpaired) electrons. The number of carbonyl (C=O) groups excluding carboxylic acids is 1. The predicted molar refractivity (Wildman–Crippen MR) is 131 cm³/mol. The van der Waals surface area contributed by atoms with Crippen molar-refractivity contribution in [3.05, 3.63) is 77.4 Å². The second-order valence-corrected chi connectivity index (χ2v) is 10.8. The van der Waals surface area contributed by atoms with E-state index in [2.05, 4.69) is 9.97 Å². The minimum atomic E-state index is -3.88. The van der Waals surface area contributed by atoms with Gasteiger partial charge in [-0.05, 0) is 48.7 Å². The van der Waals surface area contributed by atoms with Crippen molar-refractivity contribution in [1.29, 1.82) is 0 Å². The molecule has 2 N–H and O–H groups in total. The van der Waals surface area contributed by atoms with Crippen LogP contribution in [-0.2, 0) is 29.3 Å². The number of nitrogens with zero attached hydrogens (tertiary/aromatic N) is 4. The fraction of sp³-hybridized carbons (Fsp3) is 0.240. The van der Waals surface area contributed by atoms with Gasteiger partial charge in [0, 0.05) is 24.6 Å². The zero-order valence-corrected chi connectivity index (χ0v) is 20.2. The minimum Gasteiger partial charge on any atom is -0.381 e. The van der Waals surface area contributed by atoms with Gasteiger partial charge in [0.05, 0.1) is 28.8 Å². The Bertz CT molecular complexity index is 1620. The third-order valence-corrected chi connectivity index (χ3v) is 7.38. The number of imidazole rings is 1. The molecule has 0 atom stereocenters. The Morgan fingerprint density at radius 1 is 1.14 bits per heavy atom. The lowest BCUT2D eigenvalue weighted by atomic mass is 10.1. The van der Waals surface area contributed by atoms with Crippen molar-refractivity contribution in [3.63, 3.8) is 0 Å². The highest BCUT2D eigenvalue weighted by Crippen LogP contribution is 2.31. The van der Waals surface area contributed by atoms with Gasteiger partial charge in [0.2, 0.25) is 0 Å². The van der Waals surface area contributed by atoms with Crippen LogP contribution in [0.15, 0.2) is 53.6 Å². The van der Waals surface area contributed by atoms with Crippen molar-refractivity contribution >= 4 is 38.2 Å². The number of sulfone groups is 1. The Hall–Kier alpha value is -3.86. The summed E-state index contributed by atoms with van der Waals surface area (Å²) < 4.78 is 54.9. The standard InChI is InChI=1S/C25H23F2N5O3S/c1-36(34,35)22-12-17(26)7-8-20(22)32(25(33)21-13-29-23-4-2-3-9-31(21)23)14-15-5-6-16-11-18(27)24(28)30-19(16)10-15/h5-8,10-13H,2-4,9,14H2,1H3,(H2,28,30). The van der Waals surface area contributed by atoms with Crippen molar-refractivity contribution in [2.75, 3.05) is 16.9 Å². The Morgan fingerprint density at radius 3 is 2.72 bits per heavy atom. The largest absolute Gasteiger partial charge is 0.381 e. The molecule has 1 aliphatic heterocycles. The number of carbonyl (C=O) groups is 1. The van der Waals surface area contributed by atoms with Crippen LogP contribution in [0.25, 0.3) is 10.9 Å². The van der Waals surface area contributed by atoms with Gasteiger partial charge in [0.15, 0.2) is 21.5 Å². The van der Waals surface area contributed by atoms with E-state index in [0.29, 0.717) is 28.7 Å². The molecular formula is C25H23F2N5O3S. The summed E-state index contributed by atoms with van der Waals surface area (Å²) in [5, 5.41) is 0.520. The van der Waals surface area contributed by atoms with Crippen LogP contribution >= 0.6 is 0 Å². The van der Waals surface area contributed by atoms with E-state index in [0.717, 1.165) is 43.5 Å². The van der Waals surface area contributed by atoms with E-state index in [9.17, 15) is 22.0 Å². The molecule has 36 heavy (non-hydrogen) atoms. The lowest BCUT2D eigenvalue weighted by molar-refractivity contribution is 0.0974. The van der Waals surface area contributed by atoms with Gasteiger partial charge in [0.25, 0.3) is 5.91 Å². The summed E-state index contributed by atoms with van der Waals surface area (Å²) in [5.74, 6) is -1.31. The molecule has 0 aliphatic carbocycles. The number of halogens is 2. The summed E-state index contributed by atoms with van der Waals surface area (Å²) in [7, 11) is -3.88. The highest BCUT2D eigenvalue weighted by Gasteiger charge is 2.29. The Morgan fingerprint density at radius 2 is 1.94 bits per heavy atom. The number of anilines is 2. The molecule has 2 aromatic carbocycles. The number of nitrogens with two attached hydrogens (primary N) is 1. The molecule has 2 aromatic heterocycles. The van der Waals surface area contributed by atoms with Crippen LogP contribution in [0.5, 0.6) is 0 Å². The Balaban J connectivity index is 1.64. The number of rotatable bonds is 5. The van der Waals surface area contributed by atoms with Crippen LogP contribution in [0.2, 0.25) is 0 Å². The van der Waals surface area contributed by atoms with E-state index in [1.807, 2.05) is 4.57 Å². The molecule has 1 aliphatic rings. The molecule has 5 rings (SSSR count). The number of hydrogen-bond donors (Lipinski definition) is 1. The van der Waals surface area contributed by atoms with Crippen LogP contribution in [0.4, 0.5) is 20.3 Å². The monoisotopic (exact) mass is 511 g/mol. The van der Waals surface area contributed by atoms with Gasteiger partial charge in [-0.2, -0.15) is 0 Å². The van der Waals surface area contributed by atoms with E-state index in [1.165, 1.54) is 23.2 Å². The van der Waals surface area contributed by atoms with Crippen molar-refractivity contribution in [2.24, 2.45) is 0 Å². The molecule has 0 fully saturated rings. The zero-order chi connectivity index (χ0) is 25.6. The maximum Gasteiger partial charge on any atom is 0.276 e. The van der Waals surface area contributed by atoms with Gasteiger partial charge in [-0.3, -0.25) is 4.79 Å². The second-order valence-electron chi connectivity index (χ2n) is 8.83. The second kappa shape index (κ2) is 8.98. The Labute approximate surface area is 206 Å². The number of pyridine rings is 1. The highest BCUT2D eigenvalue weighted by molar-refractivity contribution is 7.90. The number of nitrogen functional groups attached to an aromatic ring is 1. The number of amides is 1. The van der Waals surface area contributed by atoms with Crippen molar-refractivity contribution in [3.8, 4) is 0 Å². The molecule has 0 spiro atoms. The van der Waals surface area contributed by atoms with E-state index >= 15 is 0 Å². The first-order valence-electron chi connectivity index (χ1n) is 11.3. The average Bonchev–Trinajstić information content (AvgIpc) is 3.27. The molecule has 8 nitrogen and oxygen atoms in total. The maximum absolute atomic E-state index is 14.1. The van der Waals surface area contributed by atoms with Crippen LogP contribution in [0.3, 0.4) is 0 Å². The molecule has 0 saturated heterocycles. The summed E-state index contributed by atoms with van der Waals surface area (Å²) in [4.78, 5) is 23.3. The average molecular weight is 512 g/mol. The van der Waals surface area contributed by atoms with E-state index in [4.69, 9.17) is 5.73 Å². The first-order chi connectivity index (χ1) is 17.1. The quantitative estimate of drug-likeness (QED) is 0.435. The van der Waals surface area contributed by atoms with Crippen LogP contribution < -0.4 is 10.6 Å². The molecule has 0 unspecified atom stereocenters. The summed E-state index contributed by atoms with van der Waals surface area (Å²) in [5.41, 5.74) is 7.00. The molecule has 1 amide bonds. The normalized spacial score (nSPS) is 13.5. The lowest BCUT2D eigenvalue weighted by Gasteiger charge is -2.26. The van der Waals surface area contributed by atoms with E-state index < -0.39 is 27.4 Å². The number of hydrogen-bond acceptors (Lipinski definition) is 6. The maximum atomic E-state index is 14.1. The smallest absolute Gasteiger partial charge is 0.276 e. The summed E-state index contributed by atoms with van der Waals surface area (Å²) in [6.07, 6.45) is 5.06. The summed E-state index contributed by atoms with van der Waals surface area (Å²) in [6, 6.07) is 9.56. The first-order valence-corrected chi connectivity index (χ1v) is 13.2. The lowest BCUT2D eigenvalue weighted by Crippen LogP contribution is -2.34. The summed E-state index contributed by atoms with van der Waals surface area (Å²) in [6.45, 7) is 0.569. The fourth-order valence-corrected chi connectivity index (χ4v) is 5.37. The summed E-state index contributed by atoms with van der Waals surface area (Å²) >= 11 is 0. The SMILES string of the molecule is CS(=O)(=O)c1cc(F)ccc1N(Cc1ccc2cc(F)c(N)nc2c1)C(=O)c1cnc2n1CCCC2.